The predicted octanol–water partition coefficient (Wildman–Crippen LogP) is 3.46. The third kappa shape index (κ3) is 3.83. The summed E-state index contributed by atoms with van der Waals surface area (Å²) in [5, 5.41) is 0.0253. The molecule has 1 heterocycles. The Morgan fingerprint density at radius 2 is 1.83 bits per heavy atom. The molecular weight excluding hydrogens is 327 g/mol. The van der Waals surface area contributed by atoms with E-state index in [9.17, 15) is 9.18 Å². The highest BCUT2D eigenvalue weighted by Gasteiger charge is 2.19. The molecule has 1 fully saturated rings. The summed E-state index contributed by atoms with van der Waals surface area (Å²) in [6, 6.07) is 11.8. The van der Waals surface area contributed by atoms with Gasteiger partial charge in [0.05, 0.1) is 5.02 Å². The highest BCUT2D eigenvalue weighted by atomic mass is 35.5. The summed E-state index contributed by atoms with van der Waals surface area (Å²) < 4.78 is 13.7. The van der Waals surface area contributed by atoms with Crippen molar-refractivity contribution in [3.63, 3.8) is 0 Å². The number of ketones is 1. The first-order valence-electron chi connectivity index (χ1n) is 8.03. The molecule has 1 aliphatic heterocycles. The normalized spacial score (nSPS) is 16.3. The lowest BCUT2D eigenvalue weighted by Gasteiger charge is -2.32. The summed E-state index contributed by atoms with van der Waals surface area (Å²) in [7, 11) is 2.11. The van der Waals surface area contributed by atoms with E-state index >= 15 is 0 Å². The van der Waals surface area contributed by atoms with Crippen LogP contribution in [0.15, 0.2) is 42.5 Å². The summed E-state index contributed by atoms with van der Waals surface area (Å²) in [5.74, 6) is -0.741. The molecule has 0 atom stereocenters. The highest BCUT2D eigenvalue weighted by molar-refractivity contribution is 6.30. The molecule has 24 heavy (non-hydrogen) atoms. The topological polar surface area (TPSA) is 23.6 Å². The Labute approximate surface area is 146 Å². The summed E-state index contributed by atoms with van der Waals surface area (Å²) >= 11 is 5.71. The first-order chi connectivity index (χ1) is 11.5. The van der Waals surface area contributed by atoms with Crippen LogP contribution in [-0.2, 0) is 6.54 Å². The fourth-order valence-electron chi connectivity index (χ4n) is 2.92. The molecule has 0 aliphatic carbocycles. The van der Waals surface area contributed by atoms with E-state index in [1.165, 1.54) is 12.1 Å². The van der Waals surface area contributed by atoms with Crippen molar-refractivity contribution in [1.82, 2.24) is 9.80 Å². The van der Waals surface area contributed by atoms with Crippen LogP contribution in [-0.4, -0.2) is 48.8 Å². The Balaban J connectivity index is 1.83. The lowest BCUT2D eigenvalue weighted by Crippen LogP contribution is -2.44. The lowest BCUT2D eigenvalue weighted by atomic mass is 9.98. The number of piperazine rings is 1. The van der Waals surface area contributed by atoms with Crippen molar-refractivity contribution in [1.29, 1.82) is 0 Å². The van der Waals surface area contributed by atoms with Crippen molar-refractivity contribution in [3.8, 4) is 0 Å². The van der Waals surface area contributed by atoms with Crippen molar-refractivity contribution >= 4 is 17.4 Å². The van der Waals surface area contributed by atoms with Crippen LogP contribution >= 0.6 is 11.6 Å². The number of likely N-dealkylation sites (N-methyl/N-ethyl adjacent to an activating group) is 1. The number of benzene rings is 2. The van der Waals surface area contributed by atoms with Gasteiger partial charge in [-0.3, -0.25) is 9.69 Å². The summed E-state index contributed by atoms with van der Waals surface area (Å²) in [4.78, 5) is 17.4. The molecule has 0 amide bonds. The molecule has 0 spiro atoms. The van der Waals surface area contributed by atoms with Crippen LogP contribution in [0, 0.1) is 5.82 Å². The molecule has 0 N–H and O–H groups in total. The van der Waals surface area contributed by atoms with Crippen molar-refractivity contribution in [3.05, 3.63) is 70.0 Å². The summed E-state index contributed by atoms with van der Waals surface area (Å²) in [6.07, 6.45) is 0. The zero-order valence-corrected chi connectivity index (χ0v) is 14.4. The van der Waals surface area contributed by atoms with Crippen LogP contribution in [0.2, 0.25) is 5.02 Å². The van der Waals surface area contributed by atoms with E-state index in [1.807, 2.05) is 18.2 Å². The van der Waals surface area contributed by atoms with Gasteiger partial charge in [0.2, 0.25) is 0 Å². The maximum atomic E-state index is 13.7. The van der Waals surface area contributed by atoms with Crippen LogP contribution in [0.3, 0.4) is 0 Å². The molecule has 5 heteroatoms. The van der Waals surface area contributed by atoms with E-state index in [2.05, 4.69) is 16.8 Å². The van der Waals surface area contributed by atoms with Gasteiger partial charge in [-0.05, 0) is 30.8 Å². The second kappa shape index (κ2) is 7.43. The number of nitrogens with zero attached hydrogens (tertiary/aromatic N) is 2. The molecule has 126 valence electrons. The van der Waals surface area contributed by atoms with Gasteiger partial charge in [0.15, 0.2) is 5.78 Å². The minimum absolute atomic E-state index is 0.0253. The van der Waals surface area contributed by atoms with Crippen LogP contribution in [0.1, 0.15) is 21.5 Å². The van der Waals surface area contributed by atoms with Gasteiger partial charge in [-0.2, -0.15) is 0 Å². The van der Waals surface area contributed by atoms with E-state index in [1.54, 1.807) is 12.1 Å². The van der Waals surface area contributed by atoms with Crippen molar-refractivity contribution in [2.75, 3.05) is 33.2 Å². The van der Waals surface area contributed by atoms with Gasteiger partial charge in [-0.15, -0.1) is 0 Å². The third-order valence-corrected chi connectivity index (χ3v) is 4.74. The molecule has 3 rings (SSSR count). The Hall–Kier alpha value is -1.75. The quantitative estimate of drug-likeness (QED) is 0.792. The van der Waals surface area contributed by atoms with Crippen LogP contribution in [0.5, 0.6) is 0 Å². The fraction of sp³-hybridized carbons (Fsp3) is 0.316. The summed E-state index contributed by atoms with van der Waals surface area (Å²) in [6.45, 7) is 4.74. The first-order valence-corrected chi connectivity index (χ1v) is 8.41. The third-order valence-electron chi connectivity index (χ3n) is 4.43. The second-order valence-corrected chi connectivity index (χ2v) is 6.60. The van der Waals surface area contributed by atoms with Crippen molar-refractivity contribution < 1.29 is 9.18 Å². The number of hydrogen-bond donors (Lipinski definition) is 0. The van der Waals surface area contributed by atoms with E-state index in [-0.39, 0.29) is 10.8 Å². The van der Waals surface area contributed by atoms with E-state index < -0.39 is 5.82 Å². The average molecular weight is 347 g/mol. The fourth-order valence-corrected chi connectivity index (χ4v) is 3.04. The first kappa shape index (κ1) is 17.1. The highest BCUT2D eigenvalue weighted by Crippen LogP contribution is 2.21. The van der Waals surface area contributed by atoms with Crippen LogP contribution in [0.25, 0.3) is 0 Å². The number of carbonyl (C=O) groups is 1. The van der Waals surface area contributed by atoms with Gasteiger partial charge >= 0.3 is 0 Å². The number of hydrogen-bond acceptors (Lipinski definition) is 3. The Morgan fingerprint density at radius 3 is 2.54 bits per heavy atom. The minimum Gasteiger partial charge on any atom is -0.304 e. The van der Waals surface area contributed by atoms with Gasteiger partial charge in [0, 0.05) is 43.9 Å². The average Bonchev–Trinajstić information content (AvgIpc) is 2.59. The van der Waals surface area contributed by atoms with E-state index in [4.69, 9.17) is 11.6 Å². The zero-order valence-electron chi connectivity index (χ0n) is 13.6. The monoisotopic (exact) mass is 346 g/mol. The molecule has 0 unspecified atom stereocenters. The molecule has 0 saturated carbocycles. The van der Waals surface area contributed by atoms with Crippen molar-refractivity contribution in [2.45, 2.75) is 6.54 Å². The molecular formula is C19H20ClFN2O. The minimum atomic E-state index is -0.570. The van der Waals surface area contributed by atoms with Gasteiger partial charge < -0.3 is 4.90 Å². The van der Waals surface area contributed by atoms with Crippen LogP contribution < -0.4 is 0 Å². The number of carbonyl (C=O) groups excluding carboxylic acids is 1. The van der Waals surface area contributed by atoms with Gasteiger partial charge in [0.1, 0.15) is 5.82 Å². The summed E-state index contributed by atoms with van der Waals surface area (Å²) in [5.41, 5.74) is 1.92. The Morgan fingerprint density at radius 1 is 1.12 bits per heavy atom. The maximum Gasteiger partial charge on any atom is 0.193 e. The Kier molecular flexibility index (Phi) is 5.29. The molecule has 1 saturated heterocycles. The van der Waals surface area contributed by atoms with Gasteiger partial charge in [0.25, 0.3) is 0 Å². The SMILES string of the molecule is CN1CCN(Cc2ccccc2C(=O)c2ccc(Cl)c(F)c2)CC1. The smallest absolute Gasteiger partial charge is 0.193 e. The lowest BCUT2D eigenvalue weighted by molar-refractivity contribution is 0.103. The molecule has 2 aromatic rings. The molecule has 3 nitrogen and oxygen atoms in total. The number of rotatable bonds is 4. The van der Waals surface area contributed by atoms with Crippen molar-refractivity contribution in [2.24, 2.45) is 0 Å². The molecule has 1 aliphatic rings. The molecule has 0 radical (unpaired) electrons. The maximum absolute atomic E-state index is 13.7. The molecule has 0 aromatic heterocycles. The van der Waals surface area contributed by atoms with Crippen LogP contribution in [0.4, 0.5) is 4.39 Å². The standard InChI is InChI=1S/C19H20ClFN2O/c1-22-8-10-23(11-9-22)13-15-4-2-3-5-16(15)19(24)14-6-7-17(20)18(21)12-14/h2-7,12H,8-11,13H2,1H3. The largest absolute Gasteiger partial charge is 0.304 e. The molecule has 2 aromatic carbocycles. The second-order valence-electron chi connectivity index (χ2n) is 6.19. The Bertz CT molecular complexity index is 742. The predicted molar refractivity (Wildman–Crippen MR) is 94.1 cm³/mol. The zero-order chi connectivity index (χ0) is 17.1. The van der Waals surface area contributed by atoms with Gasteiger partial charge in [-0.25, -0.2) is 4.39 Å². The number of halogens is 2. The molecule has 0 bridgehead atoms. The van der Waals surface area contributed by atoms with E-state index in [0.29, 0.717) is 11.1 Å². The van der Waals surface area contributed by atoms with E-state index in [0.717, 1.165) is 38.3 Å². The van der Waals surface area contributed by atoms with Gasteiger partial charge in [-0.1, -0.05) is 35.9 Å².